The van der Waals surface area contributed by atoms with Crippen molar-refractivity contribution in [2.75, 3.05) is 4.90 Å². The Morgan fingerprint density at radius 2 is 1.60 bits per heavy atom. The van der Waals surface area contributed by atoms with Crippen molar-refractivity contribution < 1.29 is 14.0 Å². The third-order valence-electron chi connectivity index (χ3n) is 3.01. The lowest BCUT2D eigenvalue weighted by molar-refractivity contribution is 0.0926. The zero-order valence-corrected chi connectivity index (χ0v) is 13.6. The van der Waals surface area contributed by atoms with Gasteiger partial charge in [-0.2, -0.15) is 0 Å². The molecule has 6 heteroatoms. The third-order valence-corrected chi connectivity index (χ3v) is 5.51. The van der Waals surface area contributed by atoms with Crippen molar-refractivity contribution in [3.8, 4) is 0 Å². The van der Waals surface area contributed by atoms with Gasteiger partial charge in [-0.25, -0.2) is 9.29 Å². The third kappa shape index (κ3) is 1.98. The average Bonchev–Trinajstić information content (AvgIpc) is 2.67. The molecule has 20 heavy (non-hydrogen) atoms. The summed E-state index contributed by atoms with van der Waals surface area (Å²) in [4.78, 5) is 25.7. The lowest BCUT2D eigenvalue weighted by Crippen LogP contribution is -2.30. The molecule has 0 radical (unpaired) electrons. The van der Waals surface area contributed by atoms with Crippen LogP contribution in [0.15, 0.2) is 40.9 Å². The van der Waals surface area contributed by atoms with Gasteiger partial charge in [-0.15, -0.1) is 0 Å². The molecular weight excluding hydrogens is 440 g/mol. The summed E-state index contributed by atoms with van der Waals surface area (Å²) in [5.74, 6) is -1.37. The maximum atomic E-state index is 13.6. The second-order valence-electron chi connectivity index (χ2n) is 4.21. The molecule has 0 atom stereocenters. The van der Waals surface area contributed by atoms with Crippen molar-refractivity contribution in [1.82, 2.24) is 0 Å². The van der Waals surface area contributed by atoms with E-state index >= 15 is 0 Å². The molecule has 2 aromatic carbocycles. The number of halogens is 3. The molecule has 1 aliphatic rings. The number of anilines is 1. The summed E-state index contributed by atoms with van der Waals surface area (Å²) in [6.45, 7) is 0. The second-order valence-corrected chi connectivity index (χ2v) is 6.15. The molecule has 0 saturated carbocycles. The van der Waals surface area contributed by atoms with Crippen molar-refractivity contribution in [3.05, 3.63) is 61.4 Å². The van der Waals surface area contributed by atoms with Crippen molar-refractivity contribution in [1.29, 1.82) is 0 Å². The van der Waals surface area contributed by atoms with Crippen LogP contribution in [0.25, 0.3) is 0 Å². The predicted molar refractivity (Wildman–Crippen MR) is 84.4 cm³/mol. The fraction of sp³-hybridized carbons (Fsp3) is 0. The number of carbonyl (C=O) groups is 2. The van der Waals surface area contributed by atoms with Crippen molar-refractivity contribution in [2.45, 2.75) is 0 Å². The van der Waals surface area contributed by atoms with E-state index in [1.165, 1.54) is 12.1 Å². The summed E-state index contributed by atoms with van der Waals surface area (Å²) < 4.78 is 14.7. The minimum atomic E-state index is -0.510. The Morgan fingerprint density at radius 3 is 2.15 bits per heavy atom. The number of nitrogens with zero attached hydrogens (tertiary/aromatic N) is 1. The quantitative estimate of drug-likeness (QED) is 0.378. The zero-order valence-electron chi connectivity index (χ0n) is 9.86. The molecule has 0 unspecified atom stereocenters. The van der Waals surface area contributed by atoms with E-state index in [4.69, 9.17) is 0 Å². The first-order valence-electron chi connectivity index (χ1n) is 5.63. The van der Waals surface area contributed by atoms with E-state index < -0.39 is 17.6 Å². The second kappa shape index (κ2) is 4.92. The van der Waals surface area contributed by atoms with Gasteiger partial charge >= 0.3 is 0 Å². The summed E-state index contributed by atoms with van der Waals surface area (Å²) in [6.07, 6.45) is 0. The summed E-state index contributed by atoms with van der Waals surface area (Å²) in [6, 6.07) is 9.06. The van der Waals surface area contributed by atoms with Crippen LogP contribution in [0.1, 0.15) is 20.7 Å². The topological polar surface area (TPSA) is 37.4 Å². The highest BCUT2D eigenvalue weighted by Crippen LogP contribution is 2.35. The molecule has 0 saturated heterocycles. The Hall–Kier alpha value is -1.28. The van der Waals surface area contributed by atoms with Crippen molar-refractivity contribution in [3.63, 3.8) is 0 Å². The maximum absolute atomic E-state index is 13.6. The summed E-state index contributed by atoms with van der Waals surface area (Å²) in [7, 11) is 0. The maximum Gasteiger partial charge on any atom is 0.266 e. The molecule has 0 spiro atoms. The van der Waals surface area contributed by atoms with Crippen molar-refractivity contribution >= 4 is 56.0 Å². The first-order valence-corrected chi connectivity index (χ1v) is 7.50. The minimum absolute atomic E-state index is 0.253. The van der Waals surface area contributed by atoms with Gasteiger partial charge in [-0.05, 0) is 62.8 Å². The molecule has 1 heterocycles. The molecular formula is C14H6BrFINO2. The van der Waals surface area contributed by atoms with Gasteiger partial charge < -0.3 is 0 Å². The Bertz CT molecular complexity index is 728. The van der Waals surface area contributed by atoms with E-state index in [2.05, 4.69) is 15.9 Å². The summed E-state index contributed by atoms with van der Waals surface area (Å²) in [5, 5.41) is 0. The monoisotopic (exact) mass is 445 g/mol. The van der Waals surface area contributed by atoms with Gasteiger partial charge in [0.15, 0.2) is 0 Å². The van der Waals surface area contributed by atoms with Crippen LogP contribution >= 0.6 is 38.5 Å². The Labute approximate surface area is 136 Å². The first kappa shape index (κ1) is 13.7. The molecule has 3 rings (SSSR count). The molecule has 100 valence electrons. The molecule has 0 fully saturated rings. The van der Waals surface area contributed by atoms with Crippen LogP contribution in [0.5, 0.6) is 0 Å². The SMILES string of the molecule is O=C1c2ccccc2C(=O)N1c1cc(F)cc(Br)c1I. The van der Waals surface area contributed by atoms with E-state index in [-0.39, 0.29) is 5.69 Å². The molecule has 0 N–H and O–H groups in total. The molecule has 1 aliphatic heterocycles. The number of benzene rings is 2. The largest absolute Gasteiger partial charge is 0.268 e. The van der Waals surface area contributed by atoms with E-state index in [1.54, 1.807) is 24.3 Å². The zero-order chi connectivity index (χ0) is 14.4. The highest BCUT2D eigenvalue weighted by Gasteiger charge is 2.37. The fourth-order valence-corrected chi connectivity index (χ4v) is 3.09. The number of hydrogen-bond donors (Lipinski definition) is 0. The van der Waals surface area contributed by atoms with Gasteiger partial charge in [0.2, 0.25) is 0 Å². The highest BCUT2D eigenvalue weighted by molar-refractivity contribution is 14.1. The number of amides is 2. The number of carbonyl (C=O) groups excluding carboxylic acids is 2. The summed E-state index contributed by atoms with van der Waals surface area (Å²) in [5.41, 5.74) is 0.936. The van der Waals surface area contributed by atoms with E-state index in [1.807, 2.05) is 22.6 Å². The van der Waals surface area contributed by atoms with Crippen LogP contribution in [0.4, 0.5) is 10.1 Å². The summed E-state index contributed by atoms with van der Waals surface area (Å²) >= 11 is 5.19. The average molecular weight is 446 g/mol. The number of hydrogen-bond acceptors (Lipinski definition) is 2. The normalized spacial score (nSPS) is 13.8. The molecule has 2 aromatic rings. The Kier molecular flexibility index (Phi) is 3.37. The van der Waals surface area contributed by atoms with Crippen LogP contribution in [0.3, 0.4) is 0 Å². The first-order chi connectivity index (χ1) is 9.50. The standard InChI is InChI=1S/C14H6BrFINO2/c15-10-5-7(16)6-11(12(10)17)18-13(19)8-3-1-2-4-9(8)14(18)20/h1-6H. The number of imide groups is 1. The highest BCUT2D eigenvalue weighted by atomic mass is 127. The van der Waals surface area contributed by atoms with Crippen LogP contribution in [0.2, 0.25) is 0 Å². The Balaban J connectivity index is 2.19. The number of fused-ring (bicyclic) bond motifs is 1. The lowest BCUT2D eigenvalue weighted by atomic mass is 10.1. The Morgan fingerprint density at radius 1 is 1.05 bits per heavy atom. The van der Waals surface area contributed by atoms with E-state index in [0.29, 0.717) is 19.2 Å². The van der Waals surface area contributed by atoms with E-state index in [0.717, 1.165) is 4.90 Å². The minimum Gasteiger partial charge on any atom is -0.268 e. The van der Waals surface area contributed by atoms with Gasteiger partial charge in [0, 0.05) is 4.47 Å². The van der Waals surface area contributed by atoms with E-state index in [9.17, 15) is 14.0 Å². The van der Waals surface area contributed by atoms with Crippen LogP contribution in [-0.4, -0.2) is 11.8 Å². The van der Waals surface area contributed by atoms with Crippen molar-refractivity contribution in [2.24, 2.45) is 0 Å². The molecule has 2 amide bonds. The lowest BCUT2D eigenvalue weighted by Gasteiger charge is -2.16. The fourth-order valence-electron chi connectivity index (χ4n) is 2.11. The van der Waals surface area contributed by atoms with Crippen LogP contribution < -0.4 is 4.90 Å². The number of rotatable bonds is 1. The van der Waals surface area contributed by atoms with Gasteiger partial charge in [-0.1, -0.05) is 12.1 Å². The molecule has 0 aliphatic carbocycles. The van der Waals surface area contributed by atoms with Gasteiger partial charge in [0.1, 0.15) is 5.82 Å². The molecule has 0 aromatic heterocycles. The van der Waals surface area contributed by atoms with Gasteiger partial charge in [-0.3, -0.25) is 9.59 Å². The van der Waals surface area contributed by atoms with Crippen LogP contribution in [0, 0.1) is 9.39 Å². The molecule has 3 nitrogen and oxygen atoms in total. The van der Waals surface area contributed by atoms with Gasteiger partial charge in [0.05, 0.1) is 20.4 Å². The predicted octanol–water partition coefficient (Wildman–Crippen LogP) is 3.99. The smallest absolute Gasteiger partial charge is 0.266 e. The molecule has 0 bridgehead atoms. The van der Waals surface area contributed by atoms with Gasteiger partial charge in [0.25, 0.3) is 11.8 Å². The van der Waals surface area contributed by atoms with Crippen LogP contribution in [-0.2, 0) is 0 Å².